The summed E-state index contributed by atoms with van der Waals surface area (Å²) >= 11 is 1.82. The van der Waals surface area contributed by atoms with Crippen LogP contribution in [0.4, 0.5) is 11.4 Å². The van der Waals surface area contributed by atoms with Crippen LogP contribution in [0.5, 0.6) is 0 Å². The van der Waals surface area contributed by atoms with E-state index in [9.17, 15) is 0 Å². The molecule has 0 saturated carbocycles. The second-order valence-electron chi connectivity index (χ2n) is 3.22. The summed E-state index contributed by atoms with van der Waals surface area (Å²) in [5.74, 6) is 0. The summed E-state index contributed by atoms with van der Waals surface area (Å²) in [7, 11) is 0. The van der Waals surface area contributed by atoms with E-state index in [1.807, 2.05) is 11.8 Å². The van der Waals surface area contributed by atoms with Gasteiger partial charge in [0.15, 0.2) is 0 Å². The Morgan fingerprint density at radius 2 is 1.20 bits per heavy atom. The van der Waals surface area contributed by atoms with E-state index in [4.69, 9.17) is 0 Å². The van der Waals surface area contributed by atoms with Gasteiger partial charge in [-0.25, -0.2) is 0 Å². The molecule has 2 aromatic rings. The Labute approximate surface area is 116 Å². The summed E-state index contributed by atoms with van der Waals surface area (Å²) in [6, 6.07) is 16.8. The van der Waals surface area contributed by atoms with Crippen molar-refractivity contribution in [1.82, 2.24) is 0 Å². The van der Waals surface area contributed by atoms with Crippen molar-refractivity contribution in [1.29, 1.82) is 0 Å². The van der Waals surface area contributed by atoms with Crippen LogP contribution in [0.3, 0.4) is 0 Å². The van der Waals surface area contributed by atoms with Gasteiger partial charge in [-0.1, -0.05) is 36.0 Å². The van der Waals surface area contributed by atoms with Crippen LogP contribution in [0, 0.1) is 0 Å². The van der Waals surface area contributed by atoms with Gasteiger partial charge < -0.3 is 5.32 Å². The van der Waals surface area contributed by atoms with Gasteiger partial charge in [0.05, 0.1) is 11.4 Å². The third-order valence-electron chi connectivity index (χ3n) is 2.26. The van der Waals surface area contributed by atoms with Crippen molar-refractivity contribution in [3.63, 3.8) is 0 Å². The van der Waals surface area contributed by atoms with Crippen LogP contribution in [0.2, 0.25) is 0 Å². The molecule has 1 nitrogen and oxygen atoms in total. The predicted molar refractivity (Wildman–Crippen MR) is 60.3 cm³/mol. The van der Waals surface area contributed by atoms with Crippen LogP contribution >= 0.6 is 11.8 Å². The van der Waals surface area contributed by atoms with Gasteiger partial charge in [-0.2, -0.15) is 0 Å². The molecule has 0 spiro atoms. The fourth-order valence-electron chi connectivity index (χ4n) is 1.58. The number of anilines is 2. The molecule has 0 unspecified atom stereocenters. The molecule has 1 aliphatic rings. The van der Waals surface area contributed by atoms with Gasteiger partial charge in [0.25, 0.3) is 0 Å². The second-order valence-corrected chi connectivity index (χ2v) is 4.30. The van der Waals surface area contributed by atoms with Crippen molar-refractivity contribution >= 4 is 23.1 Å². The number of fused-ring (bicyclic) bond motifs is 2. The van der Waals surface area contributed by atoms with E-state index in [1.54, 1.807) is 0 Å². The second kappa shape index (κ2) is 4.62. The van der Waals surface area contributed by atoms with Gasteiger partial charge >= 0.3 is 29.6 Å². The van der Waals surface area contributed by atoms with E-state index < -0.39 is 0 Å². The molecule has 0 bridgehead atoms. The van der Waals surface area contributed by atoms with Crippen molar-refractivity contribution in [2.45, 2.75) is 9.79 Å². The number of hydrogen-bond donors (Lipinski definition) is 1. The first-order valence-corrected chi connectivity index (χ1v) is 5.38. The third-order valence-corrected chi connectivity index (χ3v) is 3.42. The third kappa shape index (κ3) is 2.08. The van der Waals surface area contributed by atoms with E-state index in [0.29, 0.717) is 0 Å². The maximum Gasteiger partial charge on any atom is 1.00 e. The number of benzene rings is 2. The molecule has 0 fully saturated rings. The Kier molecular flexibility index (Phi) is 3.42. The molecule has 68 valence electrons. The molecular weight excluding hydrogens is 213 g/mol. The smallest absolute Gasteiger partial charge is 0.354 e. The van der Waals surface area contributed by atoms with Gasteiger partial charge in [-0.05, 0) is 24.3 Å². The van der Waals surface area contributed by atoms with E-state index >= 15 is 0 Å². The van der Waals surface area contributed by atoms with Crippen LogP contribution in [0.25, 0.3) is 0 Å². The maximum absolute atomic E-state index is 3.42. The van der Waals surface area contributed by atoms with E-state index in [0.717, 1.165) is 0 Å². The van der Waals surface area contributed by atoms with Crippen molar-refractivity contribution in [2.75, 3.05) is 5.32 Å². The molecule has 3 rings (SSSR count). The van der Waals surface area contributed by atoms with Crippen LogP contribution in [0.1, 0.15) is 0 Å². The van der Waals surface area contributed by atoms with Crippen LogP contribution in [-0.2, 0) is 0 Å². The Hall–Kier alpha value is -0.410. The van der Waals surface area contributed by atoms with E-state index in [1.165, 1.54) is 21.2 Å². The molecular formula is C12H9NNaS+. The minimum absolute atomic E-state index is 0. The number of para-hydroxylation sites is 2. The number of hydrogen-bond acceptors (Lipinski definition) is 2. The average molecular weight is 222 g/mol. The number of nitrogens with one attached hydrogen (secondary N) is 1. The molecule has 1 N–H and O–H groups in total. The molecule has 0 aromatic heterocycles. The predicted octanol–water partition coefficient (Wildman–Crippen LogP) is 0.899. The SMILES string of the molecule is [Na+].c1ccc2c(c1)Nc1ccccc1S2. The molecule has 0 amide bonds. The van der Waals surface area contributed by atoms with Crippen molar-refractivity contribution in [2.24, 2.45) is 0 Å². The van der Waals surface area contributed by atoms with Gasteiger partial charge in [-0.3, -0.25) is 0 Å². The van der Waals surface area contributed by atoms with E-state index in [-0.39, 0.29) is 29.6 Å². The summed E-state index contributed by atoms with van der Waals surface area (Å²) in [5.41, 5.74) is 2.41. The Bertz CT molecular complexity index is 397. The molecule has 3 heteroatoms. The molecule has 0 aliphatic carbocycles. The zero-order valence-corrected chi connectivity index (χ0v) is 11.3. The summed E-state index contributed by atoms with van der Waals surface area (Å²) in [6.45, 7) is 0. The topological polar surface area (TPSA) is 12.0 Å². The molecule has 2 aromatic carbocycles. The number of rotatable bonds is 0. The molecule has 15 heavy (non-hydrogen) atoms. The largest absolute Gasteiger partial charge is 1.00 e. The minimum Gasteiger partial charge on any atom is -0.354 e. The zero-order chi connectivity index (χ0) is 9.38. The van der Waals surface area contributed by atoms with E-state index in [2.05, 4.69) is 53.8 Å². The molecule has 0 radical (unpaired) electrons. The minimum atomic E-state index is 0. The monoisotopic (exact) mass is 222 g/mol. The summed E-state index contributed by atoms with van der Waals surface area (Å²) in [5, 5.41) is 3.42. The summed E-state index contributed by atoms with van der Waals surface area (Å²) < 4.78 is 0. The maximum atomic E-state index is 3.42. The fraction of sp³-hybridized carbons (Fsp3) is 0. The van der Waals surface area contributed by atoms with Crippen molar-refractivity contribution < 1.29 is 29.6 Å². The first-order chi connectivity index (χ1) is 6.93. The first kappa shape index (κ1) is 11.1. The molecule has 0 atom stereocenters. The standard InChI is InChI=1S/C12H9NS.Na/c1-3-7-11-9(5-1)13-10-6-2-4-8-12(10)14-11;/h1-8,13H;/q;+1. The Morgan fingerprint density at radius 1 is 0.733 bits per heavy atom. The molecule has 1 heterocycles. The molecule has 1 aliphatic heterocycles. The quantitative estimate of drug-likeness (QED) is 0.567. The van der Waals surface area contributed by atoms with Gasteiger partial charge in [0, 0.05) is 9.79 Å². The van der Waals surface area contributed by atoms with Crippen LogP contribution < -0.4 is 34.9 Å². The Morgan fingerprint density at radius 3 is 1.73 bits per heavy atom. The Balaban J connectivity index is 0.000000853. The van der Waals surface area contributed by atoms with Crippen LogP contribution in [0.15, 0.2) is 58.3 Å². The van der Waals surface area contributed by atoms with Crippen molar-refractivity contribution in [3.8, 4) is 0 Å². The fourth-order valence-corrected chi connectivity index (χ4v) is 2.57. The van der Waals surface area contributed by atoms with Gasteiger partial charge in [0.2, 0.25) is 0 Å². The van der Waals surface area contributed by atoms with Gasteiger partial charge in [-0.15, -0.1) is 0 Å². The van der Waals surface area contributed by atoms with Gasteiger partial charge in [0.1, 0.15) is 0 Å². The zero-order valence-electron chi connectivity index (χ0n) is 8.53. The molecule has 0 saturated heterocycles. The summed E-state index contributed by atoms with van der Waals surface area (Å²) in [6.07, 6.45) is 0. The van der Waals surface area contributed by atoms with Crippen molar-refractivity contribution in [3.05, 3.63) is 48.5 Å². The van der Waals surface area contributed by atoms with Crippen LogP contribution in [-0.4, -0.2) is 0 Å². The first-order valence-electron chi connectivity index (χ1n) is 4.56. The summed E-state index contributed by atoms with van der Waals surface area (Å²) in [4.78, 5) is 2.59. The average Bonchev–Trinajstić information content (AvgIpc) is 2.26. The normalized spacial score (nSPS) is 11.7.